The van der Waals surface area contributed by atoms with Gasteiger partial charge in [0.15, 0.2) is 0 Å². The second-order valence-electron chi connectivity index (χ2n) is 4.07. The number of hydrogen-bond acceptors (Lipinski definition) is 6. The summed E-state index contributed by atoms with van der Waals surface area (Å²) in [4.78, 5) is 22.2. The van der Waals surface area contributed by atoms with Crippen molar-refractivity contribution >= 4 is 11.8 Å². The van der Waals surface area contributed by atoms with Gasteiger partial charge in [0, 0.05) is 18.1 Å². The van der Waals surface area contributed by atoms with E-state index >= 15 is 0 Å². The van der Waals surface area contributed by atoms with Crippen molar-refractivity contribution in [2.45, 2.75) is 30.8 Å². The summed E-state index contributed by atoms with van der Waals surface area (Å²) < 4.78 is 5.20. The van der Waals surface area contributed by atoms with Crippen molar-refractivity contribution in [2.24, 2.45) is 0 Å². The van der Waals surface area contributed by atoms with Crippen LogP contribution in [0, 0.1) is 0 Å². The van der Waals surface area contributed by atoms with E-state index < -0.39 is 42.8 Å². The van der Waals surface area contributed by atoms with Gasteiger partial charge in [0.05, 0.1) is 12.7 Å². The molecule has 0 aromatic heterocycles. The molecule has 0 bridgehead atoms. The van der Waals surface area contributed by atoms with Crippen LogP contribution in [0.15, 0.2) is 11.6 Å². The van der Waals surface area contributed by atoms with Gasteiger partial charge in [0.25, 0.3) is 11.8 Å². The van der Waals surface area contributed by atoms with E-state index in [1.807, 2.05) is 0 Å². The molecule has 0 aromatic carbocycles. The van der Waals surface area contributed by atoms with Crippen LogP contribution in [0.5, 0.6) is 0 Å². The molecule has 4 N–H and O–H groups in total. The molecule has 94 valence electrons. The zero-order valence-electron chi connectivity index (χ0n) is 8.87. The zero-order chi connectivity index (χ0) is 12.6. The molecule has 7 heteroatoms. The number of nitrogens with one attached hydrogen (secondary N) is 1. The van der Waals surface area contributed by atoms with Crippen LogP contribution in [0.25, 0.3) is 0 Å². The average molecular weight is 243 g/mol. The standard InChI is InChI=1S/C10H13NO6/c12-3-6-9(15)8(14)5(17-6)1-4-2-7(13)11-10(4)16/h2,5-6,8-9,12,14-15H,1,3H2,(H,11,13,16)/t5-,6+,8-,9+/m0/s1. The van der Waals surface area contributed by atoms with Crippen molar-refractivity contribution < 1.29 is 29.6 Å². The number of amides is 2. The summed E-state index contributed by atoms with van der Waals surface area (Å²) in [6.45, 7) is -0.418. The lowest BCUT2D eigenvalue weighted by atomic mass is 10.0. The maximum Gasteiger partial charge on any atom is 0.254 e. The Labute approximate surface area is 96.7 Å². The Balaban J connectivity index is 2.03. The van der Waals surface area contributed by atoms with E-state index in [4.69, 9.17) is 9.84 Å². The fourth-order valence-corrected chi connectivity index (χ4v) is 1.97. The summed E-state index contributed by atoms with van der Waals surface area (Å²) in [5, 5.41) is 30.1. The minimum atomic E-state index is -1.19. The Bertz CT molecular complexity index is 379. The molecule has 4 atom stereocenters. The van der Waals surface area contributed by atoms with E-state index in [-0.39, 0.29) is 12.0 Å². The number of rotatable bonds is 3. The number of aliphatic hydroxyl groups excluding tert-OH is 3. The first-order valence-corrected chi connectivity index (χ1v) is 5.21. The Morgan fingerprint density at radius 1 is 1.24 bits per heavy atom. The van der Waals surface area contributed by atoms with Crippen LogP contribution in [0.2, 0.25) is 0 Å². The Morgan fingerprint density at radius 3 is 2.35 bits per heavy atom. The molecule has 2 amide bonds. The van der Waals surface area contributed by atoms with Gasteiger partial charge in [-0.2, -0.15) is 0 Å². The lowest BCUT2D eigenvalue weighted by Gasteiger charge is -2.13. The van der Waals surface area contributed by atoms with Crippen LogP contribution in [0.4, 0.5) is 0 Å². The minimum Gasteiger partial charge on any atom is -0.394 e. The third-order valence-corrected chi connectivity index (χ3v) is 2.90. The van der Waals surface area contributed by atoms with E-state index in [0.29, 0.717) is 0 Å². The Morgan fingerprint density at radius 2 is 1.88 bits per heavy atom. The SMILES string of the molecule is O=C1C=C(C[C@@H]2O[C@H](CO)[C@@H](O)[C@H]2O)C(=O)N1. The highest BCUT2D eigenvalue weighted by Gasteiger charge is 2.43. The molecular weight excluding hydrogens is 230 g/mol. The summed E-state index contributed by atoms with van der Waals surface area (Å²) in [7, 11) is 0. The molecule has 0 saturated carbocycles. The molecule has 0 unspecified atom stereocenters. The number of aliphatic hydroxyl groups is 3. The minimum absolute atomic E-state index is 0.0201. The second-order valence-corrected chi connectivity index (χ2v) is 4.07. The van der Waals surface area contributed by atoms with Crippen LogP contribution in [-0.2, 0) is 14.3 Å². The number of imide groups is 1. The van der Waals surface area contributed by atoms with Gasteiger partial charge in [-0.05, 0) is 0 Å². The van der Waals surface area contributed by atoms with Crippen molar-refractivity contribution in [1.29, 1.82) is 0 Å². The van der Waals surface area contributed by atoms with Gasteiger partial charge >= 0.3 is 0 Å². The van der Waals surface area contributed by atoms with E-state index in [1.54, 1.807) is 0 Å². The molecule has 0 spiro atoms. The van der Waals surface area contributed by atoms with Crippen LogP contribution in [0.1, 0.15) is 6.42 Å². The lowest BCUT2D eigenvalue weighted by molar-refractivity contribution is -0.124. The molecule has 0 aromatic rings. The maximum absolute atomic E-state index is 11.3. The molecule has 2 rings (SSSR count). The van der Waals surface area contributed by atoms with Gasteiger partial charge in [-0.3, -0.25) is 14.9 Å². The Hall–Kier alpha value is -1.28. The zero-order valence-corrected chi connectivity index (χ0v) is 8.87. The molecule has 2 aliphatic heterocycles. The number of ether oxygens (including phenoxy) is 1. The highest BCUT2D eigenvalue weighted by Crippen LogP contribution is 2.26. The number of carbonyl (C=O) groups is 2. The lowest BCUT2D eigenvalue weighted by Crippen LogP contribution is -2.34. The molecule has 17 heavy (non-hydrogen) atoms. The van der Waals surface area contributed by atoms with Crippen molar-refractivity contribution in [3.63, 3.8) is 0 Å². The summed E-state index contributed by atoms with van der Waals surface area (Å²) in [5.74, 6) is -1.02. The van der Waals surface area contributed by atoms with Crippen LogP contribution in [-0.4, -0.2) is 58.2 Å². The fourth-order valence-electron chi connectivity index (χ4n) is 1.97. The predicted octanol–water partition coefficient (Wildman–Crippen LogP) is -2.56. The topological polar surface area (TPSA) is 116 Å². The van der Waals surface area contributed by atoms with Gasteiger partial charge in [-0.15, -0.1) is 0 Å². The molecule has 0 radical (unpaired) electrons. The van der Waals surface area contributed by atoms with Gasteiger partial charge in [0.1, 0.15) is 18.3 Å². The van der Waals surface area contributed by atoms with Crippen molar-refractivity contribution in [2.75, 3.05) is 6.61 Å². The van der Waals surface area contributed by atoms with Crippen molar-refractivity contribution in [3.8, 4) is 0 Å². The molecular formula is C10H13NO6. The molecule has 7 nitrogen and oxygen atoms in total. The van der Waals surface area contributed by atoms with E-state index in [0.717, 1.165) is 6.08 Å². The number of carbonyl (C=O) groups excluding carboxylic acids is 2. The van der Waals surface area contributed by atoms with E-state index in [9.17, 15) is 19.8 Å². The fraction of sp³-hybridized carbons (Fsp3) is 0.600. The van der Waals surface area contributed by atoms with Crippen LogP contribution >= 0.6 is 0 Å². The van der Waals surface area contributed by atoms with Gasteiger partial charge in [-0.25, -0.2) is 0 Å². The molecule has 1 saturated heterocycles. The van der Waals surface area contributed by atoms with Gasteiger partial charge < -0.3 is 20.1 Å². The first-order valence-electron chi connectivity index (χ1n) is 5.21. The Kier molecular flexibility index (Phi) is 3.25. The predicted molar refractivity (Wildman–Crippen MR) is 53.6 cm³/mol. The normalized spacial score (nSPS) is 37.2. The van der Waals surface area contributed by atoms with Gasteiger partial charge in [0.2, 0.25) is 0 Å². The smallest absolute Gasteiger partial charge is 0.254 e. The first-order chi connectivity index (χ1) is 8.02. The van der Waals surface area contributed by atoms with Crippen LogP contribution < -0.4 is 5.32 Å². The van der Waals surface area contributed by atoms with Crippen LogP contribution in [0.3, 0.4) is 0 Å². The van der Waals surface area contributed by atoms with Crippen molar-refractivity contribution in [1.82, 2.24) is 5.32 Å². The monoisotopic (exact) mass is 243 g/mol. The number of hydrogen-bond donors (Lipinski definition) is 4. The molecule has 1 fully saturated rings. The average Bonchev–Trinajstić information content (AvgIpc) is 2.73. The highest BCUT2D eigenvalue weighted by atomic mass is 16.6. The van der Waals surface area contributed by atoms with Crippen molar-refractivity contribution in [3.05, 3.63) is 11.6 Å². The summed E-state index contributed by atoms with van der Waals surface area (Å²) in [6.07, 6.45) is -2.88. The first kappa shape index (κ1) is 12.2. The molecule has 0 aliphatic carbocycles. The molecule has 2 heterocycles. The third kappa shape index (κ3) is 2.22. The summed E-state index contributed by atoms with van der Waals surface area (Å²) >= 11 is 0. The quantitative estimate of drug-likeness (QED) is 0.405. The summed E-state index contributed by atoms with van der Waals surface area (Å²) in [6, 6.07) is 0. The molecule has 2 aliphatic rings. The second kappa shape index (κ2) is 4.53. The largest absolute Gasteiger partial charge is 0.394 e. The van der Waals surface area contributed by atoms with Gasteiger partial charge in [-0.1, -0.05) is 0 Å². The highest BCUT2D eigenvalue weighted by molar-refractivity contribution is 6.16. The van der Waals surface area contributed by atoms with E-state index in [2.05, 4.69) is 5.32 Å². The maximum atomic E-state index is 11.3. The summed E-state index contributed by atoms with van der Waals surface area (Å²) in [5.41, 5.74) is 0.199. The van der Waals surface area contributed by atoms with E-state index in [1.165, 1.54) is 0 Å². The third-order valence-electron chi connectivity index (χ3n) is 2.90.